The van der Waals surface area contributed by atoms with Crippen molar-refractivity contribution in [2.75, 3.05) is 0 Å². The second-order valence-corrected chi connectivity index (χ2v) is 15.4. The Kier molecular flexibility index (Phi) is 8.63. The van der Waals surface area contributed by atoms with Crippen LogP contribution >= 0.6 is 0 Å². The van der Waals surface area contributed by atoms with Gasteiger partial charge in [-0.05, 0) is 122 Å². The lowest BCUT2D eigenvalue weighted by Crippen LogP contribution is -1.97. The number of pyridine rings is 2. The molecular formula is C53H38N6O2. The smallest absolute Gasteiger partial charge is 0.137 e. The molecule has 0 radical (unpaired) electrons. The van der Waals surface area contributed by atoms with Gasteiger partial charge in [0.2, 0.25) is 0 Å². The molecule has 8 heteroatoms. The van der Waals surface area contributed by atoms with Gasteiger partial charge in [0.25, 0.3) is 0 Å². The van der Waals surface area contributed by atoms with E-state index in [1.807, 2.05) is 85.5 Å². The van der Waals surface area contributed by atoms with E-state index in [9.17, 15) is 0 Å². The van der Waals surface area contributed by atoms with Crippen molar-refractivity contribution in [1.29, 1.82) is 0 Å². The van der Waals surface area contributed by atoms with Crippen LogP contribution in [0.25, 0.3) is 77.8 Å². The third-order valence-electron chi connectivity index (χ3n) is 11.3. The first-order chi connectivity index (χ1) is 29.9. The monoisotopic (exact) mass is 790 g/mol. The van der Waals surface area contributed by atoms with Crippen LogP contribution in [0, 0.1) is 20.8 Å². The minimum atomic E-state index is 0.702. The summed E-state index contributed by atoms with van der Waals surface area (Å²) in [5.41, 5.74) is 11.0. The van der Waals surface area contributed by atoms with Gasteiger partial charge < -0.3 is 9.47 Å². The molecule has 11 rings (SSSR count). The molecular weight excluding hydrogens is 753 g/mol. The van der Waals surface area contributed by atoms with Crippen molar-refractivity contribution in [3.63, 3.8) is 0 Å². The summed E-state index contributed by atoms with van der Waals surface area (Å²) >= 11 is 0. The molecule has 5 heterocycles. The number of hydrogen-bond donors (Lipinski definition) is 0. The van der Waals surface area contributed by atoms with Crippen LogP contribution in [-0.4, -0.2) is 29.1 Å². The fraction of sp³-hybridized carbons (Fsp3) is 0.0566. The van der Waals surface area contributed by atoms with Crippen LogP contribution in [0.3, 0.4) is 0 Å². The molecule has 11 aromatic rings. The fourth-order valence-electron chi connectivity index (χ4n) is 8.35. The molecule has 5 aromatic heterocycles. The Morgan fingerprint density at radius 3 is 1.48 bits per heavy atom. The van der Waals surface area contributed by atoms with E-state index in [1.165, 1.54) is 10.8 Å². The first-order valence-corrected chi connectivity index (χ1v) is 20.3. The van der Waals surface area contributed by atoms with E-state index in [-0.39, 0.29) is 0 Å². The highest BCUT2D eigenvalue weighted by molar-refractivity contribution is 6.10. The topological polar surface area (TPSA) is 79.9 Å². The summed E-state index contributed by atoms with van der Waals surface area (Å²) in [6, 6.07) is 51.6. The highest BCUT2D eigenvalue weighted by Gasteiger charge is 2.17. The van der Waals surface area contributed by atoms with Gasteiger partial charge in [0, 0.05) is 57.2 Å². The van der Waals surface area contributed by atoms with Crippen LogP contribution in [0.1, 0.15) is 16.7 Å². The number of rotatable bonds is 8. The zero-order valence-electron chi connectivity index (χ0n) is 33.7. The Hall–Kier alpha value is -8.10. The van der Waals surface area contributed by atoms with Crippen LogP contribution in [0.4, 0.5) is 0 Å². The number of nitrogens with zero attached hydrogens (tertiary/aromatic N) is 6. The largest absolute Gasteiger partial charge is 0.457 e. The predicted molar refractivity (Wildman–Crippen MR) is 244 cm³/mol. The van der Waals surface area contributed by atoms with E-state index in [1.54, 1.807) is 0 Å². The predicted octanol–water partition coefficient (Wildman–Crippen LogP) is 13.3. The maximum Gasteiger partial charge on any atom is 0.137 e. The van der Waals surface area contributed by atoms with Gasteiger partial charge in [0.15, 0.2) is 0 Å². The summed E-state index contributed by atoms with van der Waals surface area (Å²) in [4.78, 5) is 19.2. The first kappa shape index (κ1) is 36.0. The summed E-state index contributed by atoms with van der Waals surface area (Å²) in [7, 11) is 0. The molecule has 0 amide bonds. The molecule has 8 nitrogen and oxygen atoms in total. The van der Waals surface area contributed by atoms with E-state index < -0.39 is 0 Å². The van der Waals surface area contributed by atoms with Gasteiger partial charge in [-0.25, -0.2) is 9.97 Å². The Labute approximate surface area is 352 Å². The van der Waals surface area contributed by atoms with Crippen LogP contribution in [-0.2, 0) is 0 Å². The number of aromatic nitrogens is 6. The van der Waals surface area contributed by atoms with Crippen molar-refractivity contribution in [3.8, 4) is 57.1 Å². The molecule has 6 aromatic carbocycles. The molecule has 292 valence electrons. The highest BCUT2D eigenvalue weighted by Crippen LogP contribution is 2.38. The van der Waals surface area contributed by atoms with Gasteiger partial charge >= 0.3 is 0 Å². The van der Waals surface area contributed by atoms with Crippen molar-refractivity contribution in [1.82, 2.24) is 29.1 Å². The SMILES string of the molecule is Cc1ccnc(-n2c3ccccc3c3ccc(Oc4cccc(-c5cnc(-c6cc(Oc7ccc8c9ccccc9n(-c9cc(C)ccn9)c8c7)ccc6C)cn5)c4)cc32)c1. The number of fused-ring (bicyclic) bond motifs is 6. The lowest BCUT2D eigenvalue weighted by molar-refractivity contribution is 0.483. The summed E-state index contributed by atoms with van der Waals surface area (Å²) in [6.45, 7) is 6.24. The Bertz CT molecular complexity index is 3480. The quantitative estimate of drug-likeness (QED) is 0.152. The number of aryl methyl sites for hydroxylation is 3. The Balaban J connectivity index is 0.863. The lowest BCUT2D eigenvalue weighted by atomic mass is 10.1. The molecule has 0 spiro atoms. The van der Waals surface area contributed by atoms with E-state index in [0.717, 1.165) is 95.2 Å². The summed E-state index contributed by atoms with van der Waals surface area (Å²) in [5.74, 6) is 4.61. The van der Waals surface area contributed by atoms with E-state index >= 15 is 0 Å². The molecule has 0 saturated carbocycles. The average molecular weight is 791 g/mol. The van der Waals surface area contributed by atoms with Crippen LogP contribution in [0.15, 0.2) is 176 Å². The zero-order valence-corrected chi connectivity index (χ0v) is 33.7. The second kappa shape index (κ2) is 14.6. The molecule has 0 N–H and O–H groups in total. The zero-order chi connectivity index (χ0) is 41.0. The van der Waals surface area contributed by atoms with Gasteiger partial charge in [0.05, 0.1) is 45.8 Å². The molecule has 0 unspecified atom stereocenters. The molecule has 0 saturated heterocycles. The number of hydrogen-bond acceptors (Lipinski definition) is 6. The van der Waals surface area contributed by atoms with Gasteiger partial charge in [-0.1, -0.05) is 54.6 Å². The van der Waals surface area contributed by atoms with Crippen molar-refractivity contribution in [3.05, 3.63) is 193 Å². The number of benzene rings is 6. The number of ether oxygens (including phenoxy) is 2. The summed E-state index contributed by atoms with van der Waals surface area (Å²) in [6.07, 6.45) is 7.34. The van der Waals surface area contributed by atoms with Crippen molar-refractivity contribution < 1.29 is 9.47 Å². The first-order valence-electron chi connectivity index (χ1n) is 20.3. The summed E-state index contributed by atoms with van der Waals surface area (Å²) in [5, 5.41) is 4.61. The molecule has 0 aliphatic carbocycles. The minimum absolute atomic E-state index is 0.702. The van der Waals surface area contributed by atoms with Gasteiger partial charge in [0.1, 0.15) is 34.6 Å². The molecule has 0 aliphatic rings. The maximum atomic E-state index is 6.54. The second-order valence-electron chi connectivity index (χ2n) is 15.4. The average Bonchev–Trinajstić information content (AvgIpc) is 3.79. The third kappa shape index (κ3) is 6.51. The van der Waals surface area contributed by atoms with E-state index in [2.05, 4.69) is 121 Å². The van der Waals surface area contributed by atoms with Gasteiger partial charge in [-0.15, -0.1) is 0 Å². The minimum Gasteiger partial charge on any atom is -0.457 e. The van der Waals surface area contributed by atoms with Crippen LogP contribution < -0.4 is 9.47 Å². The van der Waals surface area contributed by atoms with Crippen molar-refractivity contribution in [2.24, 2.45) is 0 Å². The highest BCUT2D eigenvalue weighted by atomic mass is 16.5. The molecule has 0 aliphatic heterocycles. The van der Waals surface area contributed by atoms with Crippen LogP contribution in [0.5, 0.6) is 23.0 Å². The van der Waals surface area contributed by atoms with Crippen LogP contribution in [0.2, 0.25) is 0 Å². The molecule has 0 atom stereocenters. The number of para-hydroxylation sites is 2. The van der Waals surface area contributed by atoms with Crippen molar-refractivity contribution >= 4 is 43.6 Å². The molecule has 0 bridgehead atoms. The maximum absolute atomic E-state index is 6.54. The lowest BCUT2D eigenvalue weighted by Gasteiger charge is -2.12. The van der Waals surface area contributed by atoms with Gasteiger partial charge in [-0.3, -0.25) is 19.1 Å². The van der Waals surface area contributed by atoms with Crippen molar-refractivity contribution in [2.45, 2.75) is 20.8 Å². The third-order valence-corrected chi connectivity index (χ3v) is 11.3. The molecule has 61 heavy (non-hydrogen) atoms. The van der Waals surface area contributed by atoms with E-state index in [4.69, 9.17) is 29.4 Å². The fourth-order valence-corrected chi connectivity index (χ4v) is 8.35. The standard InChI is InChI=1S/C53H38N6O2/c1-33-21-23-54-52(25-33)58-48-13-6-4-11-41(48)43-19-17-39(29-50(43)58)60-37-10-8-9-36(27-37)46-31-57-47(32-56-46)45-28-38(16-15-35(45)3)61-40-18-20-44-42-12-5-7-14-49(42)59(51(44)30-40)53-26-34(2)22-24-55-53/h4-32H,1-3H3. The van der Waals surface area contributed by atoms with E-state index in [0.29, 0.717) is 11.5 Å². The Morgan fingerprint density at radius 2 is 0.902 bits per heavy atom. The molecule has 0 fully saturated rings. The normalized spacial score (nSPS) is 11.5. The summed E-state index contributed by atoms with van der Waals surface area (Å²) < 4.78 is 17.4. The van der Waals surface area contributed by atoms with Gasteiger partial charge in [-0.2, -0.15) is 0 Å². The Morgan fingerprint density at radius 1 is 0.393 bits per heavy atom.